The van der Waals surface area contributed by atoms with Crippen LogP contribution >= 0.6 is 0 Å². The average Bonchev–Trinajstić information content (AvgIpc) is 2.15. The number of hydrogen-bond donors (Lipinski definition) is 2. The zero-order chi connectivity index (χ0) is 12.5. The van der Waals surface area contributed by atoms with Gasteiger partial charge >= 0.3 is 11.2 Å². The molecular weight excluding hydrogens is 228 g/mol. The van der Waals surface area contributed by atoms with Gasteiger partial charge in [0.25, 0.3) is 12.3 Å². The van der Waals surface area contributed by atoms with Gasteiger partial charge in [-0.05, 0) is 6.07 Å². The van der Waals surface area contributed by atoms with Crippen LogP contribution < -0.4 is 11.3 Å². The van der Waals surface area contributed by atoms with Crippen LogP contribution in [0.4, 0.5) is 14.5 Å². The Morgan fingerprint density at radius 2 is 2.12 bits per heavy atom. The number of hydrogen-bond acceptors (Lipinski definition) is 4. The number of carbonyl (C=O) groups excluding carboxylic acids is 1. The SMILES string of the molecule is NC(=O)c1cc(C(F)F)c([N+](=O)[O-])c(=O)[nH]1. The van der Waals surface area contributed by atoms with E-state index >= 15 is 0 Å². The summed E-state index contributed by atoms with van der Waals surface area (Å²) in [6.45, 7) is 0. The minimum absolute atomic E-state index is 0.493. The molecule has 0 aliphatic rings. The number of primary amides is 1. The number of nitrogens with zero attached hydrogens (tertiary/aromatic N) is 1. The molecule has 1 heterocycles. The van der Waals surface area contributed by atoms with Gasteiger partial charge in [0.05, 0.1) is 4.92 Å². The van der Waals surface area contributed by atoms with Crippen LogP contribution in [0.2, 0.25) is 0 Å². The van der Waals surface area contributed by atoms with Crippen molar-refractivity contribution in [3.8, 4) is 0 Å². The van der Waals surface area contributed by atoms with Crippen molar-refractivity contribution in [1.82, 2.24) is 4.98 Å². The van der Waals surface area contributed by atoms with Crippen LogP contribution in [0.5, 0.6) is 0 Å². The Labute approximate surface area is 86.0 Å². The minimum Gasteiger partial charge on any atom is -0.364 e. The Morgan fingerprint density at radius 1 is 1.56 bits per heavy atom. The van der Waals surface area contributed by atoms with Gasteiger partial charge in [-0.25, -0.2) is 8.78 Å². The van der Waals surface area contributed by atoms with Gasteiger partial charge in [-0.15, -0.1) is 0 Å². The summed E-state index contributed by atoms with van der Waals surface area (Å²) in [5, 5.41) is 10.4. The van der Waals surface area contributed by atoms with Crippen LogP contribution in [-0.4, -0.2) is 15.8 Å². The number of nitrogens with two attached hydrogens (primary N) is 1. The zero-order valence-corrected chi connectivity index (χ0v) is 7.57. The molecule has 7 nitrogen and oxygen atoms in total. The lowest BCUT2D eigenvalue weighted by Gasteiger charge is -2.02. The normalized spacial score (nSPS) is 10.4. The lowest BCUT2D eigenvalue weighted by molar-refractivity contribution is -0.387. The largest absolute Gasteiger partial charge is 0.364 e. The molecule has 0 bridgehead atoms. The van der Waals surface area contributed by atoms with Gasteiger partial charge in [-0.1, -0.05) is 0 Å². The second-order valence-electron chi connectivity index (χ2n) is 2.74. The average molecular weight is 233 g/mol. The molecule has 0 saturated carbocycles. The number of carbonyl (C=O) groups is 1. The molecule has 0 aromatic carbocycles. The van der Waals surface area contributed by atoms with Gasteiger partial charge in [0.1, 0.15) is 11.3 Å². The summed E-state index contributed by atoms with van der Waals surface area (Å²) in [6, 6.07) is 0.493. The van der Waals surface area contributed by atoms with E-state index < -0.39 is 39.8 Å². The van der Waals surface area contributed by atoms with E-state index in [0.717, 1.165) is 0 Å². The van der Waals surface area contributed by atoms with E-state index in [1.807, 2.05) is 0 Å². The Kier molecular flexibility index (Phi) is 2.97. The highest BCUT2D eigenvalue weighted by Crippen LogP contribution is 2.25. The summed E-state index contributed by atoms with van der Waals surface area (Å²) in [5.41, 5.74) is 0.328. The number of alkyl halides is 2. The van der Waals surface area contributed by atoms with E-state index in [2.05, 4.69) is 0 Å². The quantitative estimate of drug-likeness (QED) is 0.576. The van der Waals surface area contributed by atoms with Crippen molar-refractivity contribution >= 4 is 11.6 Å². The van der Waals surface area contributed by atoms with Crippen LogP contribution in [0.15, 0.2) is 10.9 Å². The first kappa shape index (κ1) is 11.8. The van der Waals surface area contributed by atoms with Gasteiger partial charge in [0, 0.05) is 0 Å². The molecule has 0 spiro atoms. The molecule has 1 aromatic rings. The van der Waals surface area contributed by atoms with Crippen molar-refractivity contribution in [2.45, 2.75) is 6.43 Å². The maximum Gasteiger partial charge on any atom is 0.342 e. The number of nitrogens with one attached hydrogen (secondary N) is 1. The number of aromatic nitrogens is 1. The minimum atomic E-state index is -3.25. The third-order valence-corrected chi connectivity index (χ3v) is 1.72. The Morgan fingerprint density at radius 3 is 2.50 bits per heavy atom. The first-order chi connectivity index (χ1) is 7.34. The van der Waals surface area contributed by atoms with Crippen molar-refractivity contribution in [2.75, 3.05) is 0 Å². The van der Waals surface area contributed by atoms with Gasteiger partial charge < -0.3 is 10.7 Å². The predicted octanol–water partition coefficient (Wildman–Crippen LogP) is 0.320. The number of H-pyrrole nitrogens is 1. The summed E-state index contributed by atoms with van der Waals surface area (Å²) < 4.78 is 24.8. The molecule has 0 radical (unpaired) electrons. The van der Waals surface area contributed by atoms with Crippen molar-refractivity contribution < 1.29 is 18.5 Å². The number of nitro groups is 1. The van der Waals surface area contributed by atoms with Crippen LogP contribution in [0.25, 0.3) is 0 Å². The molecule has 1 aromatic heterocycles. The fourth-order valence-electron chi connectivity index (χ4n) is 1.06. The van der Waals surface area contributed by atoms with Crippen LogP contribution in [0.3, 0.4) is 0 Å². The first-order valence-corrected chi connectivity index (χ1v) is 3.84. The van der Waals surface area contributed by atoms with Gasteiger partial charge in [0.2, 0.25) is 0 Å². The van der Waals surface area contributed by atoms with Gasteiger partial charge in [-0.2, -0.15) is 0 Å². The Hall–Kier alpha value is -2.32. The number of aromatic amines is 1. The maximum absolute atomic E-state index is 12.4. The van der Waals surface area contributed by atoms with E-state index in [0.29, 0.717) is 6.07 Å². The van der Waals surface area contributed by atoms with Crippen LogP contribution in [0, 0.1) is 10.1 Å². The van der Waals surface area contributed by atoms with E-state index in [-0.39, 0.29) is 0 Å². The smallest absolute Gasteiger partial charge is 0.342 e. The molecule has 0 saturated heterocycles. The number of rotatable bonds is 3. The fraction of sp³-hybridized carbons (Fsp3) is 0.143. The monoisotopic (exact) mass is 233 g/mol. The fourth-order valence-corrected chi connectivity index (χ4v) is 1.06. The molecule has 0 atom stereocenters. The molecule has 16 heavy (non-hydrogen) atoms. The summed E-state index contributed by atoms with van der Waals surface area (Å²) in [4.78, 5) is 32.6. The maximum atomic E-state index is 12.4. The highest BCUT2D eigenvalue weighted by molar-refractivity contribution is 5.91. The van der Waals surface area contributed by atoms with Gasteiger partial charge in [-0.3, -0.25) is 19.7 Å². The predicted molar refractivity (Wildman–Crippen MR) is 47.2 cm³/mol. The second kappa shape index (κ2) is 4.04. The van der Waals surface area contributed by atoms with E-state index in [4.69, 9.17) is 5.73 Å². The van der Waals surface area contributed by atoms with Crippen molar-refractivity contribution in [1.29, 1.82) is 0 Å². The van der Waals surface area contributed by atoms with Crippen molar-refractivity contribution in [3.63, 3.8) is 0 Å². The van der Waals surface area contributed by atoms with Gasteiger partial charge in [0.15, 0.2) is 0 Å². The Bertz CT molecular complexity index is 511. The summed E-state index contributed by atoms with van der Waals surface area (Å²) >= 11 is 0. The number of amides is 1. The standard InChI is InChI=1S/C7H5F2N3O4/c8-5(9)2-1-3(6(10)13)11-7(14)4(2)12(15)16/h1,5H,(H2,10,13)(H,11,14). The molecule has 0 fully saturated rings. The first-order valence-electron chi connectivity index (χ1n) is 3.84. The zero-order valence-electron chi connectivity index (χ0n) is 7.57. The molecule has 0 aliphatic heterocycles. The van der Waals surface area contributed by atoms with E-state index in [1.165, 1.54) is 0 Å². The molecule has 0 aliphatic carbocycles. The third kappa shape index (κ3) is 2.02. The molecule has 0 unspecified atom stereocenters. The van der Waals surface area contributed by atoms with Crippen LogP contribution in [-0.2, 0) is 0 Å². The molecule has 1 rings (SSSR count). The van der Waals surface area contributed by atoms with E-state index in [9.17, 15) is 28.5 Å². The number of pyridine rings is 1. The highest BCUT2D eigenvalue weighted by Gasteiger charge is 2.27. The second-order valence-corrected chi connectivity index (χ2v) is 2.74. The third-order valence-electron chi connectivity index (χ3n) is 1.72. The molecule has 1 amide bonds. The lowest BCUT2D eigenvalue weighted by atomic mass is 10.2. The highest BCUT2D eigenvalue weighted by atomic mass is 19.3. The van der Waals surface area contributed by atoms with Crippen molar-refractivity contribution in [2.24, 2.45) is 5.73 Å². The number of halogens is 2. The van der Waals surface area contributed by atoms with E-state index in [1.54, 1.807) is 4.98 Å². The summed E-state index contributed by atoms with van der Waals surface area (Å²) in [6.07, 6.45) is -3.25. The Balaban J connectivity index is 3.58. The molecule has 3 N–H and O–H groups in total. The molecular formula is C7H5F2N3O4. The molecule has 86 valence electrons. The molecule has 9 heteroatoms. The van der Waals surface area contributed by atoms with Crippen molar-refractivity contribution in [3.05, 3.63) is 37.8 Å². The lowest BCUT2D eigenvalue weighted by Crippen LogP contribution is -2.22. The topological polar surface area (TPSA) is 119 Å². The van der Waals surface area contributed by atoms with Crippen LogP contribution in [0.1, 0.15) is 22.5 Å². The summed E-state index contributed by atoms with van der Waals surface area (Å²) in [7, 11) is 0. The summed E-state index contributed by atoms with van der Waals surface area (Å²) in [5.74, 6) is -1.16.